The summed E-state index contributed by atoms with van der Waals surface area (Å²) in [6.45, 7) is 12.9. The third kappa shape index (κ3) is 9.56. The van der Waals surface area contributed by atoms with E-state index in [1.54, 1.807) is 0 Å². The Bertz CT molecular complexity index is 541. The SMILES string of the molecule is CCNC(=NCCCN(C)Cc1ccccc1)NC1CCN(C(C)C)CC1.I. The molecule has 1 aromatic rings. The van der Waals surface area contributed by atoms with Gasteiger partial charge < -0.3 is 20.4 Å². The van der Waals surface area contributed by atoms with Gasteiger partial charge in [0.15, 0.2) is 5.96 Å². The van der Waals surface area contributed by atoms with Gasteiger partial charge in [0, 0.05) is 44.8 Å². The van der Waals surface area contributed by atoms with Gasteiger partial charge in [0.05, 0.1) is 0 Å². The molecule has 0 spiro atoms. The molecule has 0 radical (unpaired) electrons. The molecule has 1 saturated heterocycles. The molecule has 1 heterocycles. The molecule has 0 atom stereocenters. The molecular formula is C22H40IN5. The molecule has 0 bridgehead atoms. The van der Waals surface area contributed by atoms with Gasteiger partial charge >= 0.3 is 0 Å². The molecule has 6 heteroatoms. The smallest absolute Gasteiger partial charge is 0.191 e. The minimum atomic E-state index is 0. The minimum Gasteiger partial charge on any atom is -0.357 e. The topological polar surface area (TPSA) is 42.9 Å². The van der Waals surface area contributed by atoms with Crippen LogP contribution in [0.1, 0.15) is 45.6 Å². The Labute approximate surface area is 189 Å². The molecule has 1 aromatic carbocycles. The van der Waals surface area contributed by atoms with Gasteiger partial charge in [-0.3, -0.25) is 4.99 Å². The van der Waals surface area contributed by atoms with Crippen LogP contribution < -0.4 is 10.6 Å². The number of rotatable bonds is 9. The lowest BCUT2D eigenvalue weighted by Crippen LogP contribution is -2.49. The summed E-state index contributed by atoms with van der Waals surface area (Å²) in [6, 6.07) is 11.8. The van der Waals surface area contributed by atoms with E-state index in [0.717, 1.165) is 38.6 Å². The number of nitrogens with zero attached hydrogens (tertiary/aromatic N) is 3. The fraction of sp³-hybridized carbons (Fsp3) is 0.682. The van der Waals surface area contributed by atoms with E-state index < -0.39 is 0 Å². The van der Waals surface area contributed by atoms with E-state index in [4.69, 9.17) is 4.99 Å². The van der Waals surface area contributed by atoms with Crippen LogP contribution in [0.2, 0.25) is 0 Å². The first kappa shape index (κ1) is 25.2. The van der Waals surface area contributed by atoms with Gasteiger partial charge in [-0.1, -0.05) is 30.3 Å². The summed E-state index contributed by atoms with van der Waals surface area (Å²) in [5.41, 5.74) is 1.37. The van der Waals surface area contributed by atoms with Crippen molar-refractivity contribution in [2.24, 2.45) is 4.99 Å². The monoisotopic (exact) mass is 501 g/mol. The molecule has 28 heavy (non-hydrogen) atoms. The molecule has 0 aliphatic carbocycles. The van der Waals surface area contributed by atoms with Crippen LogP contribution in [0, 0.1) is 0 Å². The number of piperidine rings is 1. The molecule has 2 N–H and O–H groups in total. The van der Waals surface area contributed by atoms with Crippen LogP contribution in [0.3, 0.4) is 0 Å². The predicted molar refractivity (Wildman–Crippen MR) is 132 cm³/mol. The number of likely N-dealkylation sites (tertiary alicyclic amines) is 1. The van der Waals surface area contributed by atoms with Crippen LogP contribution in [-0.4, -0.2) is 67.6 Å². The Morgan fingerprint density at radius 3 is 2.50 bits per heavy atom. The maximum absolute atomic E-state index is 4.79. The standard InChI is InChI=1S/C22H39N5.HI/c1-5-23-22(25-21-12-16-27(17-13-21)19(2)3)24-14-9-15-26(4)18-20-10-7-6-8-11-20;/h6-8,10-11,19,21H,5,9,12-18H2,1-4H3,(H2,23,24,25);1H. The number of nitrogens with one attached hydrogen (secondary N) is 2. The van der Waals surface area contributed by atoms with Crippen molar-refractivity contribution < 1.29 is 0 Å². The van der Waals surface area contributed by atoms with E-state index in [1.807, 2.05) is 0 Å². The number of hydrogen-bond donors (Lipinski definition) is 2. The van der Waals surface area contributed by atoms with E-state index in [0.29, 0.717) is 12.1 Å². The first-order valence-electron chi connectivity index (χ1n) is 10.6. The molecule has 1 aliphatic rings. The summed E-state index contributed by atoms with van der Waals surface area (Å²) >= 11 is 0. The first-order chi connectivity index (χ1) is 13.1. The maximum atomic E-state index is 4.79. The van der Waals surface area contributed by atoms with Gasteiger partial charge in [0.1, 0.15) is 0 Å². The molecule has 0 amide bonds. The molecule has 160 valence electrons. The molecule has 0 saturated carbocycles. The van der Waals surface area contributed by atoms with E-state index in [9.17, 15) is 0 Å². The van der Waals surface area contributed by atoms with Crippen LogP contribution in [-0.2, 0) is 6.54 Å². The molecule has 2 rings (SSSR count). The van der Waals surface area contributed by atoms with Crippen molar-refractivity contribution >= 4 is 29.9 Å². The van der Waals surface area contributed by atoms with Crippen molar-refractivity contribution in [3.8, 4) is 0 Å². The van der Waals surface area contributed by atoms with E-state index in [-0.39, 0.29) is 24.0 Å². The Balaban J connectivity index is 0.00000392. The predicted octanol–water partition coefficient (Wildman–Crippen LogP) is 3.55. The first-order valence-corrected chi connectivity index (χ1v) is 10.6. The number of guanidine groups is 1. The summed E-state index contributed by atoms with van der Waals surface area (Å²) < 4.78 is 0. The Morgan fingerprint density at radius 2 is 1.89 bits per heavy atom. The summed E-state index contributed by atoms with van der Waals surface area (Å²) in [7, 11) is 2.18. The number of benzene rings is 1. The molecule has 1 aliphatic heterocycles. The molecule has 1 fully saturated rings. The zero-order valence-electron chi connectivity index (χ0n) is 18.2. The fourth-order valence-corrected chi connectivity index (χ4v) is 3.58. The number of aliphatic imine (C=N–C) groups is 1. The lowest BCUT2D eigenvalue weighted by Gasteiger charge is -2.35. The van der Waals surface area contributed by atoms with Gasteiger partial charge in [-0.2, -0.15) is 0 Å². The Morgan fingerprint density at radius 1 is 1.21 bits per heavy atom. The van der Waals surface area contributed by atoms with E-state index in [1.165, 1.54) is 31.5 Å². The van der Waals surface area contributed by atoms with Crippen molar-refractivity contribution in [3.05, 3.63) is 35.9 Å². The quantitative estimate of drug-likeness (QED) is 0.235. The second-order valence-electron chi connectivity index (χ2n) is 7.89. The largest absolute Gasteiger partial charge is 0.357 e. The highest BCUT2D eigenvalue weighted by molar-refractivity contribution is 14.0. The second-order valence-corrected chi connectivity index (χ2v) is 7.89. The van der Waals surface area contributed by atoms with Crippen LogP contribution in [0.25, 0.3) is 0 Å². The molecule has 0 aromatic heterocycles. The van der Waals surface area contributed by atoms with Crippen LogP contribution in [0.5, 0.6) is 0 Å². The minimum absolute atomic E-state index is 0. The van der Waals surface area contributed by atoms with Crippen LogP contribution in [0.15, 0.2) is 35.3 Å². The van der Waals surface area contributed by atoms with Crippen LogP contribution >= 0.6 is 24.0 Å². The number of hydrogen-bond acceptors (Lipinski definition) is 3. The van der Waals surface area contributed by atoms with Crippen molar-refractivity contribution in [2.45, 2.75) is 58.7 Å². The van der Waals surface area contributed by atoms with Crippen LogP contribution in [0.4, 0.5) is 0 Å². The Hall–Kier alpha value is -0.860. The zero-order valence-corrected chi connectivity index (χ0v) is 20.5. The van der Waals surface area contributed by atoms with Gasteiger partial charge in [0.25, 0.3) is 0 Å². The zero-order chi connectivity index (χ0) is 19.5. The lowest BCUT2D eigenvalue weighted by atomic mass is 10.0. The van der Waals surface area contributed by atoms with Crippen molar-refractivity contribution in [2.75, 3.05) is 39.8 Å². The molecular weight excluding hydrogens is 461 g/mol. The average Bonchev–Trinajstić information content (AvgIpc) is 2.66. The highest BCUT2D eigenvalue weighted by Crippen LogP contribution is 2.12. The number of halogens is 1. The summed E-state index contributed by atoms with van der Waals surface area (Å²) in [4.78, 5) is 9.72. The summed E-state index contributed by atoms with van der Waals surface area (Å²) in [5, 5.41) is 7.05. The summed E-state index contributed by atoms with van der Waals surface area (Å²) in [6.07, 6.45) is 3.47. The maximum Gasteiger partial charge on any atom is 0.191 e. The molecule has 0 unspecified atom stereocenters. The van der Waals surface area contributed by atoms with E-state index in [2.05, 4.69) is 78.6 Å². The van der Waals surface area contributed by atoms with Gasteiger partial charge in [-0.15, -0.1) is 24.0 Å². The second kappa shape index (κ2) is 14.2. The summed E-state index contributed by atoms with van der Waals surface area (Å²) in [5.74, 6) is 0.978. The van der Waals surface area contributed by atoms with Crippen molar-refractivity contribution in [1.82, 2.24) is 20.4 Å². The van der Waals surface area contributed by atoms with E-state index >= 15 is 0 Å². The van der Waals surface area contributed by atoms with Crippen molar-refractivity contribution in [1.29, 1.82) is 0 Å². The van der Waals surface area contributed by atoms with Gasteiger partial charge in [-0.05, 0) is 59.2 Å². The fourth-order valence-electron chi connectivity index (χ4n) is 3.58. The third-order valence-corrected chi connectivity index (χ3v) is 5.21. The van der Waals surface area contributed by atoms with Crippen molar-refractivity contribution in [3.63, 3.8) is 0 Å². The average molecular weight is 502 g/mol. The van der Waals surface area contributed by atoms with Gasteiger partial charge in [0.2, 0.25) is 0 Å². The Kier molecular flexibility index (Phi) is 12.7. The molecule has 5 nitrogen and oxygen atoms in total. The lowest BCUT2D eigenvalue weighted by molar-refractivity contribution is 0.167. The third-order valence-electron chi connectivity index (χ3n) is 5.21. The highest BCUT2D eigenvalue weighted by atomic mass is 127. The van der Waals surface area contributed by atoms with Gasteiger partial charge in [-0.25, -0.2) is 0 Å². The highest BCUT2D eigenvalue weighted by Gasteiger charge is 2.21. The normalized spacial score (nSPS) is 16.3.